The average Bonchev–Trinajstić information content (AvgIpc) is 2.60. The fraction of sp³-hybridized carbons (Fsp3) is 0.125. The van der Waals surface area contributed by atoms with Gasteiger partial charge in [-0.25, -0.2) is 17.9 Å². The van der Waals surface area contributed by atoms with Crippen molar-refractivity contribution in [2.24, 2.45) is 5.14 Å². The van der Waals surface area contributed by atoms with Crippen molar-refractivity contribution < 1.29 is 22.4 Å². The van der Waals surface area contributed by atoms with E-state index in [0.29, 0.717) is 5.02 Å². The van der Waals surface area contributed by atoms with E-state index in [-0.39, 0.29) is 28.4 Å². The fourth-order valence-corrected chi connectivity index (χ4v) is 2.83. The summed E-state index contributed by atoms with van der Waals surface area (Å²) in [4.78, 5) is 23.6. The van der Waals surface area contributed by atoms with Crippen LogP contribution in [-0.4, -0.2) is 33.8 Å². The zero-order valence-corrected chi connectivity index (χ0v) is 15.6. The van der Waals surface area contributed by atoms with Crippen molar-refractivity contribution in [3.63, 3.8) is 0 Å². The van der Waals surface area contributed by atoms with Crippen molar-refractivity contribution >= 4 is 44.8 Å². The van der Waals surface area contributed by atoms with Crippen molar-refractivity contribution in [2.75, 3.05) is 24.2 Å². The van der Waals surface area contributed by atoms with Crippen LogP contribution in [0.5, 0.6) is 0 Å². The molecular weight excluding hydrogens is 399 g/mol. The Bertz CT molecular complexity index is 998. The van der Waals surface area contributed by atoms with E-state index in [1.54, 1.807) is 0 Å². The van der Waals surface area contributed by atoms with E-state index >= 15 is 0 Å². The van der Waals surface area contributed by atoms with Crippen LogP contribution in [0.4, 0.5) is 15.8 Å². The van der Waals surface area contributed by atoms with Crippen LogP contribution in [0.2, 0.25) is 5.02 Å². The third-order valence-electron chi connectivity index (χ3n) is 3.44. The van der Waals surface area contributed by atoms with Gasteiger partial charge in [0, 0.05) is 12.1 Å². The number of sulfonamides is 1. The molecule has 2 amide bonds. The molecule has 0 saturated carbocycles. The van der Waals surface area contributed by atoms with Crippen molar-refractivity contribution in [1.29, 1.82) is 0 Å². The first-order valence-corrected chi connectivity index (χ1v) is 9.42. The number of carbonyl (C=O) groups excluding carboxylic acids is 2. The minimum absolute atomic E-state index is 0.0832. The minimum atomic E-state index is -4.03. The molecule has 0 fully saturated rings. The van der Waals surface area contributed by atoms with Crippen LogP contribution in [0.1, 0.15) is 10.4 Å². The number of anilines is 2. The lowest BCUT2D eigenvalue weighted by atomic mass is 10.1. The van der Waals surface area contributed by atoms with E-state index in [1.807, 2.05) is 0 Å². The van der Waals surface area contributed by atoms with Gasteiger partial charge in [0.1, 0.15) is 5.82 Å². The number of nitrogens with one attached hydrogen (secondary N) is 3. The molecular formula is C16H16ClFN4O4S. The molecule has 2 aromatic carbocycles. The van der Waals surface area contributed by atoms with Crippen LogP contribution in [0.25, 0.3) is 0 Å². The van der Waals surface area contributed by atoms with Crippen molar-refractivity contribution in [3.8, 4) is 0 Å². The predicted molar refractivity (Wildman–Crippen MR) is 99.7 cm³/mol. The molecule has 11 heteroatoms. The number of halogens is 2. The molecule has 144 valence electrons. The molecule has 0 heterocycles. The van der Waals surface area contributed by atoms with Gasteiger partial charge in [-0.15, -0.1) is 0 Å². The molecule has 5 N–H and O–H groups in total. The lowest BCUT2D eigenvalue weighted by molar-refractivity contribution is -0.114. The van der Waals surface area contributed by atoms with Gasteiger partial charge in [-0.05, 0) is 36.4 Å². The first-order valence-electron chi connectivity index (χ1n) is 7.49. The quantitative estimate of drug-likeness (QED) is 0.569. The predicted octanol–water partition coefficient (Wildman–Crippen LogP) is 1.54. The highest BCUT2D eigenvalue weighted by Gasteiger charge is 2.15. The summed E-state index contributed by atoms with van der Waals surface area (Å²) < 4.78 is 36.3. The Labute approximate surface area is 159 Å². The number of hydrogen-bond donors (Lipinski definition) is 4. The largest absolute Gasteiger partial charge is 0.374 e. The standard InChI is InChI=1S/C16H16ClFN4O4S/c1-20-16(24)11-6-9(17)2-4-13(11)22-15(23)8-21-14-5-3-10(7-12(14)18)27(19,25)26/h2-7,21H,8H2,1H3,(H,20,24)(H,22,23)(H2,19,25,26). The highest BCUT2D eigenvalue weighted by molar-refractivity contribution is 7.89. The van der Waals surface area contributed by atoms with Gasteiger partial charge >= 0.3 is 0 Å². The van der Waals surface area contributed by atoms with Gasteiger partial charge in [0.2, 0.25) is 15.9 Å². The third-order valence-corrected chi connectivity index (χ3v) is 4.58. The smallest absolute Gasteiger partial charge is 0.253 e. The summed E-state index contributed by atoms with van der Waals surface area (Å²) in [7, 11) is -2.59. The Morgan fingerprint density at radius 1 is 1.15 bits per heavy atom. The zero-order chi connectivity index (χ0) is 20.2. The maximum Gasteiger partial charge on any atom is 0.253 e. The number of carbonyl (C=O) groups is 2. The van der Waals surface area contributed by atoms with Crippen molar-refractivity contribution in [3.05, 3.63) is 52.8 Å². The van der Waals surface area contributed by atoms with E-state index in [0.717, 1.165) is 18.2 Å². The van der Waals surface area contributed by atoms with Crippen LogP contribution in [0.15, 0.2) is 41.3 Å². The Hall–Kier alpha value is -2.69. The lowest BCUT2D eigenvalue weighted by Crippen LogP contribution is -2.25. The number of benzene rings is 2. The van der Waals surface area contributed by atoms with Gasteiger partial charge in [-0.3, -0.25) is 9.59 Å². The van der Waals surface area contributed by atoms with Crippen LogP contribution < -0.4 is 21.1 Å². The fourth-order valence-electron chi connectivity index (χ4n) is 2.13. The van der Waals surface area contributed by atoms with Gasteiger partial charge < -0.3 is 16.0 Å². The summed E-state index contributed by atoms with van der Waals surface area (Å²) in [6.07, 6.45) is 0. The Morgan fingerprint density at radius 3 is 2.41 bits per heavy atom. The summed E-state index contributed by atoms with van der Waals surface area (Å²) in [5.41, 5.74) is 0.317. The van der Waals surface area contributed by atoms with E-state index in [9.17, 15) is 22.4 Å². The van der Waals surface area contributed by atoms with Gasteiger partial charge in [0.15, 0.2) is 0 Å². The second-order valence-corrected chi connectivity index (χ2v) is 7.36. The summed E-state index contributed by atoms with van der Waals surface area (Å²) >= 11 is 5.86. The van der Waals surface area contributed by atoms with E-state index in [2.05, 4.69) is 16.0 Å². The number of nitrogens with two attached hydrogens (primary N) is 1. The molecule has 8 nitrogen and oxygen atoms in total. The first-order chi connectivity index (χ1) is 12.6. The maximum atomic E-state index is 13.9. The van der Waals surface area contributed by atoms with Crippen molar-refractivity contribution in [2.45, 2.75) is 4.90 Å². The van der Waals surface area contributed by atoms with Crippen LogP contribution in [0.3, 0.4) is 0 Å². The first kappa shape index (κ1) is 20.6. The normalized spacial score (nSPS) is 11.0. The van der Waals surface area contributed by atoms with E-state index < -0.39 is 27.7 Å². The molecule has 0 saturated heterocycles. The average molecular weight is 415 g/mol. The maximum absolute atomic E-state index is 13.9. The van der Waals surface area contributed by atoms with Crippen LogP contribution >= 0.6 is 11.6 Å². The summed E-state index contributed by atoms with van der Waals surface area (Å²) in [5.74, 6) is -1.88. The zero-order valence-electron chi connectivity index (χ0n) is 14.0. The molecule has 0 bridgehead atoms. The number of hydrogen-bond acceptors (Lipinski definition) is 5. The second kappa shape index (κ2) is 8.33. The van der Waals surface area contributed by atoms with Gasteiger partial charge in [-0.1, -0.05) is 11.6 Å². The van der Waals surface area contributed by atoms with Gasteiger partial charge in [0.25, 0.3) is 5.91 Å². The van der Waals surface area contributed by atoms with Crippen LogP contribution in [0, 0.1) is 5.82 Å². The molecule has 0 aliphatic heterocycles. The topological polar surface area (TPSA) is 130 Å². The molecule has 0 aromatic heterocycles. The number of rotatable bonds is 6. The van der Waals surface area contributed by atoms with Crippen molar-refractivity contribution in [1.82, 2.24) is 5.32 Å². The Kier molecular flexibility index (Phi) is 6.37. The highest BCUT2D eigenvalue weighted by Crippen LogP contribution is 2.21. The lowest BCUT2D eigenvalue weighted by Gasteiger charge is -2.12. The molecule has 2 aromatic rings. The van der Waals surface area contributed by atoms with Crippen LogP contribution in [-0.2, 0) is 14.8 Å². The molecule has 0 aliphatic rings. The molecule has 2 rings (SSSR count). The second-order valence-electron chi connectivity index (χ2n) is 5.36. The summed E-state index contributed by atoms with van der Waals surface area (Å²) in [6, 6.07) is 7.38. The van der Waals surface area contributed by atoms with E-state index in [1.165, 1.54) is 25.2 Å². The number of primary sulfonamides is 1. The molecule has 0 unspecified atom stereocenters. The molecule has 0 aliphatic carbocycles. The van der Waals surface area contributed by atoms with Gasteiger partial charge in [0.05, 0.1) is 28.4 Å². The van der Waals surface area contributed by atoms with E-state index in [4.69, 9.17) is 16.7 Å². The number of amides is 2. The SMILES string of the molecule is CNC(=O)c1cc(Cl)ccc1NC(=O)CNc1ccc(S(N)(=O)=O)cc1F. The molecule has 0 radical (unpaired) electrons. The van der Waals surface area contributed by atoms with Gasteiger partial charge in [-0.2, -0.15) is 0 Å². The molecule has 0 atom stereocenters. The minimum Gasteiger partial charge on any atom is -0.374 e. The Morgan fingerprint density at radius 2 is 1.81 bits per heavy atom. The third kappa shape index (κ3) is 5.39. The molecule has 27 heavy (non-hydrogen) atoms. The summed E-state index contributed by atoms with van der Waals surface area (Å²) in [6.45, 7) is -0.332. The molecule has 0 spiro atoms. The summed E-state index contributed by atoms with van der Waals surface area (Å²) in [5, 5.41) is 12.7. The highest BCUT2D eigenvalue weighted by atomic mass is 35.5. The monoisotopic (exact) mass is 414 g/mol. The Balaban J connectivity index is 2.09.